The van der Waals surface area contributed by atoms with E-state index >= 15 is 0 Å². The number of carbonyl (C=O) groups is 2. The molecule has 1 spiro atoms. The van der Waals surface area contributed by atoms with E-state index in [2.05, 4.69) is 4.90 Å². The van der Waals surface area contributed by atoms with E-state index < -0.39 is 23.1 Å². The highest BCUT2D eigenvalue weighted by atomic mass is 16.6. The first-order valence-electron chi connectivity index (χ1n) is 10.7. The summed E-state index contributed by atoms with van der Waals surface area (Å²) >= 11 is 0. The van der Waals surface area contributed by atoms with Crippen LogP contribution in [0.2, 0.25) is 0 Å². The molecule has 2 aromatic rings. The number of piperidine rings is 1. The lowest BCUT2D eigenvalue weighted by molar-refractivity contribution is -0.185. The Hall–Kier alpha value is -2.90. The number of esters is 1. The topological polar surface area (TPSA) is 96.3 Å². The number of likely N-dealkylation sites (tertiary alicyclic amines) is 1. The number of benzene rings is 2. The third-order valence-corrected chi connectivity index (χ3v) is 7.84. The van der Waals surface area contributed by atoms with Crippen molar-refractivity contribution in [1.29, 1.82) is 0 Å². The second kappa shape index (κ2) is 6.08. The van der Waals surface area contributed by atoms with E-state index in [0.29, 0.717) is 25.0 Å². The Morgan fingerprint density at radius 3 is 2.84 bits per heavy atom. The monoisotopic (exact) mass is 421 g/mol. The van der Waals surface area contributed by atoms with Gasteiger partial charge in [0.1, 0.15) is 11.3 Å². The zero-order valence-corrected chi connectivity index (χ0v) is 17.1. The number of nitrogens with zero attached hydrogens (tertiary/aromatic N) is 1. The van der Waals surface area contributed by atoms with Crippen LogP contribution in [-0.2, 0) is 16.6 Å². The van der Waals surface area contributed by atoms with Crippen LogP contribution in [0.1, 0.15) is 40.7 Å². The second-order valence-corrected chi connectivity index (χ2v) is 9.14. The van der Waals surface area contributed by atoms with Crippen molar-refractivity contribution in [2.45, 2.75) is 48.8 Å². The number of ketones is 1. The summed E-state index contributed by atoms with van der Waals surface area (Å²) in [5, 5.41) is 22.0. The minimum atomic E-state index is -1.07. The quantitative estimate of drug-likeness (QED) is 0.565. The van der Waals surface area contributed by atoms with Crippen molar-refractivity contribution >= 4 is 11.8 Å². The van der Waals surface area contributed by atoms with Gasteiger partial charge in [0.05, 0.1) is 11.0 Å². The van der Waals surface area contributed by atoms with Gasteiger partial charge < -0.3 is 24.6 Å². The Bertz CT molecular complexity index is 1140. The molecule has 2 aromatic carbocycles. The summed E-state index contributed by atoms with van der Waals surface area (Å²) in [4.78, 5) is 27.9. The first-order valence-corrected chi connectivity index (χ1v) is 10.7. The van der Waals surface area contributed by atoms with Crippen molar-refractivity contribution in [1.82, 2.24) is 4.90 Å². The van der Waals surface area contributed by atoms with E-state index in [1.807, 2.05) is 13.1 Å². The van der Waals surface area contributed by atoms with Gasteiger partial charge in [-0.3, -0.25) is 4.79 Å². The van der Waals surface area contributed by atoms with Gasteiger partial charge in [-0.1, -0.05) is 18.2 Å². The van der Waals surface area contributed by atoms with Gasteiger partial charge in [-0.05, 0) is 56.6 Å². The summed E-state index contributed by atoms with van der Waals surface area (Å²) in [5.74, 6) is -0.303. The molecule has 160 valence electrons. The predicted molar refractivity (Wildman–Crippen MR) is 110 cm³/mol. The fourth-order valence-corrected chi connectivity index (χ4v) is 6.41. The molecular weight excluding hydrogens is 398 g/mol. The van der Waals surface area contributed by atoms with E-state index in [-0.39, 0.29) is 35.3 Å². The third kappa shape index (κ3) is 2.20. The van der Waals surface area contributed by atoms with Gasteiger partial charge in [0.15, 0.2) is 23.4 Å². The van der Waals surface area contributed by atoms with Gasteiger partial charge in [0, 0.05) is 18.0 Å². The SMILES string of the molecule is CN1CCC23c4c5ccc(OC(=O)c6ccccc6O)c4OC2C(=O)CC[C@@]3(O)C1C5. The molecule has 0 aromatic heterocycles. The maximum atomic E-state index is 13.0. The molecule has 2 aliphatic heterocycles. The Kier molecular flexibility index (Phi) is 3.69. The normalized spacial score (nSPS) is 32.9. The van der Waals surface area contributed by atoms with Crippen molar-refractivity contribution < 1.29 is 29.3 Å². The average molecular weight is 421 g/mol. The molecule has 7 nitrogen and oxygen atoms in total. The minimum absolute atomic E-state index is 0.0185. The van der Waals surface area contributed by atoms with Crippen LogP contribution in [0.25, 0.3) is 0 Å². The van der Waals surface area contributed by atoms with E-state index in [0.717, 1.165) is 17.7 Å². The smallest absolute Gasteiger partial charge is 0.347 e. The summed E-state index contributed by atoms with van der Waals surface area (Å²) in [6.07, 6.45) is 1.14. The highest BCUT2D eigenvalue weighted by Gasteiger charge is 2.72. The van der Waals surface area contributed by atoms with Crippen LogP contribution >= 0.6 is 0 Å². The number of ether oxygens (including phenoxy) is 2. The number of phenolic OH excluding ortho intramolecular Hbond substituents is 1. The molecule has 7 heteroatoms. The number of Topliss-reactive ketones (excluding diaryl/α,β-unsaturated/α-hetero) is 1. The number of aliphatic hydroxyl groups is 1. The lowest BCUT2D eigenvalue weighted by Crippen LogP contribution is -2.76. The molecule has 4 atom stereocenters. The zero-order valence-electron chi connectivity index (χ0n) is 17.1. The van der Waals surface area contributed by atoms with E-state index in [1.165, 1.54) is 12.1 Å². The molecule has 0 radical (unpaired) electrons. The molecule has 6 rings (SSSR count). The number of hydrogen-bond acceptors (Lipinski definition) is 7. The van der Waals surface area contributed by atoms with E-state index in [9.17, 15) is 19.8 Å². The number of phenols is 1. The van der Waals surface area contributed by atoms with E-state index in [4.69, 9.17) is 9.47 Å². The summed E-state index contributed by atoms with van der Waals surface area (Å²) in [7, 11) is 2.02. The number of para-hydroxylation sites is 1. The van der Waals surface area contributed by atoms with Crippen LogP contribution in [0, 0.1) is 0 Å². The second-order valence-electron chi connectivity index (χ2n) is 9.14. The number of likely N-dealkylation sites (N-methyl/N-ethyl adjacent to an activating group) is 1. The molecule has 2 N–H and O–H groups in total. The minimum Gasteiger partial charge on any atom is -0.507 e. The molecular formula is C24H23NO6. The lowest BCUT2D eigenvalue weighted by atomic mass is 9.49. The molecule has 2 fully saturated rings. The highest BCUT2D eigenvalue weighted by molar-refractivity contribution is 5.95. The Balaban J connectivity index is 1.50. The van der Waals surface area contributed by atoms with Gasteiger partial charge in [-0.15, -0.1) is 0 Å². The number of hydrogen-bond donors (Lipinski definition) is 2. The van der Waals surface area contributed by atoms with Gasteiger partial charge in [-0.2, -0.15) is 0 Å². The molecule has 2 heterocycles. The van der Waals surface area contributed by atoms with Crippen LogP contribution < -0.4 is 9.47 Å². The first-order chi connectivity index (χ1) is 14.9. The van der Waals surface area contributed by atoms with Crippen LogP contribution in [0.4, 0.5) is 0 Å². The Morgan fingerprint density at radius 1 is 1.23 bits per heavy atom. The maximum Gasteiger partial charge on any atom is 0.347 e. The molecule has 31 heavy (non-hydrogen) atoms. The number of carbonyl (C=O) groups excluding carboxylic acids is 2. The molecule has 1 saturated heterocycles. The summed E-state index contributed by atoms with van der Waals surface area (Å²) < 4.78 is 11.9. The van der Waals surface area contributed by atoms with Crippen molar-refractivity contribution in [2.24, 2.45) is 0 Å². The number of aromatic hydroxyl groups is 1. The fraction of sp³-hybridized carbons (Fsp3) is 0.417. The Morgan fingerprint density at radius 2 is 2.03 bits per heavy atom. The van der Waals surface area contributed by atoms with Gasteiger partial charge in [-0.25, -0.2) is 4.79 Å². The van der Waals surface area contributed by atoms with Gasteiger partial charge >= 0.3 is 5.97 Å². The van der Waals surface area contributed by atoms with Crippen LogP contribution in [0.5, 0.6) is 17.2 Å². The molecule has 3 unspecified atom stereocenters. The van der Waals surface area contributed by atoms with Crippen molar-refractivity contribution in [3.63, 3.8) is 0 Å². The highest BCUT2D eigenvalue weighted by Crippen LogP contribution is 2.64. The first kappa shape index (κ1) is 18.8. The third-order valence-electron chi connectivity index (χ3n) is 7.84. The molecule has 1 saturated carbocycles. The van der Waals surface area contributed by atoms with E-state index in [1.54, 1.807) is 18.2 Å². The van der Waals surface area contributed by atoms with Crippen LogP contribution in [-0.4, -0.2) is 58.2 Å². The van der Waals surface area contributed by atoms with Crippen LogP contribution in [0.15, 0.2) is 36.4 Å². The Labute approximate surface area is 179 Å². The molecule has 2 bridgehead atoms. The van der Waals surface area contributed by atoms with Crippen molar-refractivity contribution in [2.75, 3.05) is 13.6 Å². The molecule has 4 aliphatic rings. The van der Waals surface area contributed by atoms with Gasteiger partial charge in [0.2, 0.25) is 0 Å². The van der Waals surface area contributed by atoms with Crippen molar-refractivity contribution in [3.8, 4) is 17.2 Å². The summed E-state index contributed by atoms with van der Waals surface area (Å²) in [6.45, 7) is 0.751. The maximum absolute atomic E-state index is 13.0. The predicted octanol–water partition coefficient (Wildman–Crippen LogP) is 1.96. The number of rotatable bonds is 2. The molecule has 0 amide bonds. The summed E-state index contributed by atoms with van der Waals surface area (Å²) in [6, 6.07) is 9.68. The molecule has 2 aliphatic carbocycles. The zero-order chi connectivity index (χ0) is 21.5. The largest absolute Gasteiger partial charge is 0.507 e. The summed E-state index contributed by atoms with van der Waals surface area (Å²) in [5.41, 5.74) is 0.000338. The lowest BCUT2D eigenvalue weighted by Gasteiger charge is -2.62. The fourth-order valence-electron chi connectivity index (χ4n) is 6.41. The van der Waals surface area contributed by atoms with Crippen molar-refractivity contribution in [3.05, 3.63) is 53.1 Å². The standard InChI is InChI=1S/C24H23NO6/c1-25-11-10-23-19-13-6-7-17(30-22(28)14-4-2-3-5-15(14)26)20(19)31-21(23)16(27)8-9-24(23,29)18(25)12-13/h2-7,18,21,26,29H,8-12H2,1H3/t18?,21?,23?,24-/m1/s1. The van der Waals surface area contributed by atoms with Gasteiger partial charge in [0.25, 0.3) is 0 Å². The average Bonchev–Trinajstić information content (AvgIpc) is 3.11. The van der Waals surface area contributed by atoms with Crippen LogP contribution in [0.3, 0.4) is 0 Å².